The van der Waals surface area contributed by atoms with E-state index in [1.54, 1.807) is 31.4 Å². The largest absolute Gasteiger partial charge is 0.507 e. The van der Waals surface area contributed by atoms with Gasteiger partial charge in [0, 0.05) is 11.6 Å². The summed E-state index contributed by atoms with van der Waals surface area (Å²) >= 11 is 0. The van der Waals surface area contributed by atoms with E-state index in [0.29, 0.717) is 22.8 Å². The third kappa shape index (κ3) is 3.74. The number of benzene rings is 2. The van der Waals surface area contributed by atoms with Crippen molar-refractivity contribution in [3.63, 3.8) is 0 Å². The molecule has 0 saturated heterocycles. The van der Waals surface area contributed by atoms with Gasteiger partial charge in [-0.25, -0.2) is 0 Å². The Labute approximate surface area is 134 Å². The van der Waals surface area contributed by atoms with Crippen LogP contribution >= 0.6 is 0 Å². The van der Waals surface area contributed by atoms with Crippen molar-refractivity contribution in [3.05, 3.63) is 47.5 Å². The molecule has 118 valence electrons. The summed E-state index contributed by atoms with van der Waals surface area (Å²) in [6, 6.07) is 9.52. The summed E-state index contributed by atoms with van der Waals surface area (Å²) in [4.78, 5) is 12.1. The molecule has 0 aromatic heterocycles. The molecule has 0 fully saturated rings. The lowest BCUT2D eigenvalue weighted by Gasteiger charge is -2.06. The van der Waals surface area contributed by atoms with Crippen LogP contribution in [0.1, 0.15) is 15.9 Å². The number of hydrogen-bond acceptors (Lipinski definition) is 5. The molecular formula is C18H16O5. The van der Waals surface area contributed by atoms with Crippen LogP contribution in [0.25, 0.3) is 0 Å². The fourth-order valence-electron chi connectivity index (χ4n) is 1.94. The monoisotopic (exact) mass is 312 g/mol. The van der Waals surface area contributed by atoms with E-state index in [-0.39, 0.29) is 11.3 Å². The van der Waals surface area contributed by atoms with Crippen LogP contribution in [-0.2, 0) is 0 Å². The van der Waals surface area contributed by atoms with Gasteiger partial charge in [0.2, 0.25) is 5.78 Å². The lowest BCUT2D eigenvalue weighted by molar-refractivity contribution is 0.105. The first-order valence-corrected chi connectivity index (χ1v) is 6.74. The molecule has 0 spiro atoms. The summed E-state index contributed by atoms with van der Waals surface area (Å²) in [7, 11) is 4.54. The molecule has 2 rings (SSSR count). The molecule has 5 heteroatoms. The summed E-state index contributed by atoms with van der Waals surface area (Å²) in [5.74, 6) is 6.16. The molecule has 5 nitrogen and oxygen atoms in total. The van der Waals surface area contributed by atoms with Crippen LogP contribution in [0, 0.1) is 11.8 Å². The Kier molecular flexibility index (Phi) is 5.11. The minimum Gasteiger partial charge on any atom is -0.507 e. The number of ether oxygens (including phenoxy) is 3. The summed E-state index contributed by atoms with van der Waals surface area (Å²) in [5, 5.41) is 9.84. The molecule has 0 bridgehead atoms. The van der Waals surface area contributed by atoms with Crippen molar-refractivity contribution in [2.24, 2.45) is 0 Å². The third-order valence-corrected chi connectivity index (χ3v) is 3.15. The van der Waals surface area contributed by atoms with Gasteiger partial charge in [0.05, 0.1) is 26.9 Å². The van der Waals surface area contributed by atoms with E-state index in [2.05, 4.69) is 11.8 Å². The third-order valence-electron chi connectivity index (χ3n) is 3.15. The predicted molar refractivity (Wildman–Crippen MR) is 85.4 cm³/mol. The molecule has 1 N–H and O–H groups in total. The second-order valence-corrected chi connectivity index (χ2v) is 4.53. The van der Waals surface area contributed by atoms with Gasteiger partial charge in [0.25, 0.3) is 0 Å². The van der Waals surface area contributed by atoms with Crippen molar-refractivity contribution < 1.29 is 24.1 Å². The highest BCUT2D eigenvalue weighted by Crippen LogP contribution is 2.27. The molecule has 0 aliphatic carbocycles. The van der Waals surface area contributed by atoms with E-state index in [4.69, 9.17) is 14.2 Å². The van der Waals surface area contributed by atoms with E-state index in [9.17, 15) is 9.90 Å². The quantitative estimate of drug-likeness (QED) is 0.694. The van der Waals surface area contributed by atoms with Crippen LogP contribution in [0.3, 0.4) is 0 Å². The molecule has 0 unspecified atom stereocenters. The van der Waals surface area contributed by atoms with Crippen molar-refractivity contribution in [2.75, 3.05) is 21.3 Å². The fraction of sp³-hybridized carbons (Fsp3) is 0.167. The zero-order valence-corrected chi connectivity index (χ0v) is 13.0. The molecule has 2 aromatic rings. The van der Waals surface area contributed by atoms with E-state index >= 15 is 0 Å². The number of ketones is 1. The number of carbonyl (C=O) groups excluding carboxylic acids is 1. The first-order chi connectivity index (χ1) is 11.1. The van der Waals surface area contributed by atoms with Crippen molar-refractivity contribution in [3.8, 4) is 34.8 Å². The number of carbonyl (C=O) groups is 1. The zero-order chi connectivity index (χ0) is 16.8. The molecule has 2 aromatic carbocycles. The first kappa shape index (κ1) is 16.2. The Morgan fingerprint density at radius 2 is 1.70 bits per heavy atom. The molecule has 0 aliphatic heterocycles. The van der Waals surface area contributed by atoms with Crippen molar-refractivity contribution >= 4 is 5.78 Å². The summed E-state index contributed by atoms with van der Waals surface area (Å²) in [5.41, 5.74) is 0.725. The van der Waals surface area contributed by atoms with Gasteiger partial charge in [0.1, 0.15) is 11.5 Å². The summed E-state index contributed by atoms with van der Waals surface area (Å²) in [6.45, 7) is 0. The van der Waals surface area contributed by atoms with E-state index < -0.39 is 5.78 Å². The van der Waals surface area contributed by atoms with E-state index in [1.807, 2.05) is 0 Å². The van der Waals surface area contributed by atoms with Gasteiger partial charge in [-0.15, -0.1) is 0 Å². The van der Waals surface area contributed by atoms with Gasteiger partial charge in [-0.2, -0.15) is 0 Å². The maximum atomic E-state index is 12.1. The minimum atomic E-state index is -0.486. The SMILES string of the molecule is COc1ccc(C(=O)C#Cc2ccc(OC)c(OC)c2)c(O)c1. The highest BCUT2D eigenvalue weighted by atomic mass is 16.5. The topological polar surface area (TPSA) is 65.0 Å². The highest BCUT2D eigenvalue weighted by molar-refractivity contribution is 6.11. The Balaban J connectivity index is 2.26. The van der Waals surface area contributed by atoms with Crippen molar-refractivity contribution in [1.29, 1.82) is 0 Å². The Morgan fingerprint density at radius 3 is 2.30 bits per heavy atom. The number of rotatable bonds is 4. The minimum absolute atomic E-state index is 0.124. The number of phenolic OH excluding ortho intramolecular Hbond substituents is 1. The van der Waals surface area contributed by atoms with Gasteiger partial charge >= 0.3 is 0 Å². The van der Waals surface area contributed by atoms with Gasteiger partial charge in [0.15, 0.2) is 11.5 Å². The van der Waals surface area contributed by atoms with Crippen LogP contribution in [0.15, 0.2) is 36.4 Å². The Morgan fingerprint density at radius 1 is 0.957 bits per heavy atom. The Hall–Kier alpha value is -3.13. The average molecular weight is 312 g/mol. The lowest BCUT2D eigenvalue weighted by atomic mass is 10.1. The van der Waals surface area contributed by atoms with Crippen molar-refractivity contribution in [2.45, 2.75) is 0 Å². The zero-order valence-electron chi connectivity index (χ0n) is 13.0. The predicted octanol–water partition coefficient (Wildman–Crippen LogP) is 2.65. The molecular weight excluding hydrogens is 296 g/mol. The summed E-state index contributed by atoms with van der Waals surface area (Å²) in [6.07, 6.45) is 0. The van der Waals surface area contributed by atoms with Gasteiger partial charge < -0.3 is 19.3 Å². The van der Waals surface area contributed by atoms with E-state index in [1.165, 1.54) is 26.4 Å². The smallest absolute Gasteiger partial charge is 0.239 e. The van der Waals surface area contributed by atoms with E-state index in [0.717, 1.165) is 0 Å². The molecule has 0 heterocycles. The second-order valence-electron chi connectivity index (χ2n) is 4.53. The van der Waals surface area contributed by atoms with Crippen LogP contribution in [0.2, 0.25) is 0 Å². The number of hydrogen-bond donors (Lipinski definition) is 1. The maximum Gasteiger partial charge on any atom is 0.239 e. The maximum absolute atomic E-state index is 12.1. The second kappa shape index (κ2) is 7.23. The normalized spacial score (nSPS) is 9.52. The van der Waals surface area contributed by atoms with Crippen molar-refractivity contribution in [1.82, 2.24) is 0 Å². The number of aromatic hydroxyl groups is 1. The summed E-state index contributed by atoms with van der Waals surface area (Å²) < 4.78 is 15.3. The number of phenols is 1. The van der Waals surface area contributed by atoms with Crippen LogP contribution in [0.5, 0.6) is 23.0 Å². The lowest BCUT2D eigenvalue weighted by Crippen LogP contribution is -1.96. The van der Waals surface area contributed by atoms with Gasteiger partial charge in [-0.3, -0.25) is 4.79 Å². The molecule has 0 radical (unpaired) electrons. The molecule has 0 saturated carbocycles. The first-order valence-electron chi connectivity index (χ1n) is 6.74. The highest BCUT2D eigenvalue weighted by Gasteiger charge is 2.10. The van der Waals surface area contributed by atoms with Crippen LogP contribution in [-0.4, -0.2) is 32.2 Å². The average Bonchev–Trinajstić information content (AvgIpc) is 2.59. The number of Topliss-reactive ketones (excluding diaryl/α,β-unsaturated/α-hetero) is 1. The molecule has 0 atom stereocenters. The Bertz CT molecular complexity index is 784. The molecule has 23 heavy (non-hydrogen) atoms. The van der Waals surface area contributed by atoms with Gasteiger partial charge in [-0.05, 0) is 36.3 Å². The molecule has 0 amide bonds. The number of methoxy groups -OCH3 is 3. The van der Waals surface area contributed by atoms with Gasteiger partial charge in [-0.1, -0.05) is 5.92 Å². The van der Waals surface area contributed by atoms with Crippen LogP contribution in [0.4, 0.5) is 0 Å². The standard InChI is InChI=1S/C18H16O5/c1-21-13-6-7-14(16(20)11-13)15(19)8-4-12-5-9-17(22-2)18(10-12)23-3/h5-7,9-11,20H,1-3H3. The molecule has 0 aliphatic rings. The van der Waals surface area contributed by atoms with Crippen LogP contribution < -0.4 is 14.2 Å². The fourth-order valence-corrected chi connectivity index (χ4v) is 1.94.